The molecule has 0 aliphatic heterocycles. The number of carbonyl (C=O) groups is 2. The van der Waals surface area contributed by atoms with Crippen LogP contribution in [0.1, 0.15) is 19.8 Å². The maximum Gasteiger partial charge on any atom is 0.313 e. The molecule has 0 unspecified atom stereocenters. The van der Waals surface area contributed by atoms with E-state index in [-0.39, 0.29) is 5.15 Å². The number of hydrogen-bond acceptors (Lipinski definition) is 3. The van der Waals surface area contributed by atoms with Crippen molar-refractivity contribution in [3.8, 4) is 0 Å². The number of hydrogen-bond donors (Lipinski definition) is 2. The molecule has 0 saturated carbocycles. The monoisotopic (exact) mass is 255 g/mol. The standard InChI is InChI=1S/C11H14ClN3O2/c1-2-3-6-14-10(16)11(17)15-8-5-4-7-13-9(8)12/h4-5,7H,2-3,6H2,1H3,(H,14,16)(H,15,17). The molecule has 17 heavy (non-hydrogen) atoms. The van der Waals surface area contributed by atoms with E-state index in [0.717, 1.165) is 12.8 Å². The van der Waals surface area contributed by atoms with Crippen LogP contribution in [-0.4, -0.2) is 23.3 Å². The summed E-state index contributed by atoms with van der Waals surface area (Å²) in [7, 11) is 0. The lowest BCUT2D eigenvalue weighted by Crippen LogP contribution is -2.35. The van der Waals surface area contributed by atoms with Crippen molar-refractivity contribution in [2.75, 3.05) is 11.9 Å². The van der Waals surface area contributed by atoms with Crippen LogP contribution in [0.3, 0.4) is 0 Å². The Kier molecular flexibility index (Phi) is 5.42. The van der Waals surface area contributed by atoms with Gasteiger partial charge in [0.05, 0.1) is 5.69 Å². The molecule has 0 bridgehead atoms. The zero-order valence-corrected chi connectivity index (χ0v) is 10.3. The zero-order valence-electron chi connectivity index (χ0n) is 9.50. The quantitative estimate of drug-likeness (QED) is 0.488. The highest BCUT2D eigenvalue weighted by atomic mass is 35.5. The number of anilines is 1. The summed E-state index contributed by atoms with van der Waals surface area (Å²) in [6, 6.07) is 3.20. The molecule has 6 heteroatoms. The van der Waals surface area contributed by atoms with Gasteiger partial charge in [-0.05, 0) is 18.6 Å². The third-order valence-electron chi connectivity index (χ3n) is 2.03. The summed E-state index contributed by atoms with van der Waals surface area (Å²) < 4.78 is 0. The van der Waals surface area contributed by atoms with Crippen molar-refractivity contribution in [1.82, 2.24) is 10.3 Å². The fourth-order valence-corrected chi connectivity index (χ4v) is 1.28. The average molecular weight is 256 g/mol. The number of pyridine rings is 1. The van der Waals surface area contributed by atoms with Crippen LogP contribution < -0.4 is 10.6 Å². The van der Waals surface area contributed by atoms with Gasteiger partial charge in [0, 0.05) is 12.7 Å². The van der Waals surface area contributed by atoms with Crippen LogP contribution in [-0.2, 0) is 9.59 Å². The van der Waals surface area contributed by atoms with Crippen molar-refractivity contribution in [1.29, 1.82) is 0 Å². The Morgan fingerprint density at radius 3 is 2.82 bits per heavy atom. The van der Waals surface area contributed by atoms with Gasteiger partial charge in [-0.15, -0.1) is 0 Å². The molecule has 0 radical (unpaired) electrons. The number of halogens is 1. The fraction of sp³-hybridized carbons (Fsp3) is 0.364. The number of aromatic nitrogens is 1. The summed E-state index contributed by atoms with van der Waals surface area (Å²) in [6.45, 7) is 2.49. The Morgan fingerprint density at radius 2 is 2.18 bits per heavy atom. The van der Waals surface area contributed by atoms with Crippen molar-refractivity contribution < 1.29 is 9.59 Å². The van der Waals surface area contributed by atoms with Crippen LogP contribution in [0.4, 0.5) is 5.69 Å². The second kappa shape index (κ2) is 6.85. The van der Waals surface area contributed by atoms with Gasteiger partial charge in [0.1, 0.15) is 0 Å². The summed E-state index contributed by atoms with van der Waals surface area (Å²) in [6.07, 6.45) is 3.29. The van der Waals surface area contributed by atoms with Crippen LogP contribution in [0.25, 0.3) is 0 Å². The van der Waals surface area contributed by atoms with Crippen molar-refractivity contribution in [3.05, 3.63) is 23.5 Å². The SMILES string of the molecule is CCCCNC(=O)C(=O)Nc1cccnc1Cl. The van der Waals surface area contributed by atoms with E-state index >= 15 is 0 Å². The smallest absolute Gasteiger partial charge is 0.313 e. The highest BCUT2D eigenvalue weighted by molar-refractivity contribution is 6.41. The predicted octanol–water partition coefficient (Wildman–Crippen LogP) is 1.59. The predicted molar refractivity (Wildman–Crippen MR) is 65.8 cm³/mol. The third kappa shape index (κ3) is 4.40. The third-order valence-corrected chi connectivity index (χ3v) is 2.33. The van der Waals surface area contributed by atoms with Gasteiger partial charge in [-0.1, -0.05) is 24.9 Å². The largest absolute Gasteiger partial charge is 0.348 e. The van der Waals surface area contributed by atoms with Gasteiger partial charge in [-0.25, -0.2) is 4.98 Å². The molecule has 2 amide bonds. The molecule has 2 N–H and O–H groups in total. The minimum Gasteiger partial charge on any atom is -0.348 e. The lowest BCUT2D eigenvalue weighted by molar-refractivity contribution is -0.136. The number of amides is 2. The van der Waals surface area contributed by atoms with E-state index in [9.17, 15) is 9.59 Å². The van der Waals surface area contributed by atoms with Crippen LogP contribution in [0.2, 0.25) is 5.15 Å². The van der Waals surface area contributed by atoms with Crippen molar-refractivity contribution in [3.63, 3.8) is 0 Å². The van der Waals surface area contributed by atoms with Crippen molar-refractivity contribution in [2.24, 2.45) is 0 Å². The first-order valence-corrected chi connectivity index (χ1v) is 5.72. The molecular weight excluding hydrogens is 242 g/mol. The summed E-state index contributed by atoms with van der Waals surface area (Å²) in [5, 5.41) is 5.05. The van der Waals surface area contributed by atoms with Gasteiger partial charge in [-0.2, -0.15) is 0 Å². The molecule has 5 nitrogen and oxygen atoms in total. The van der Waals surface area contributed by atoms with E-state index < -0.39 is 11.8 Å². The maximum absolute atomic E-state index is 11.4. The number of carbonyl (C=O) groups excluding carboxylic acids is 2. The Labute approximate surface area is 105 Å². The molecule has 92 valence electrons. The minimum atomic E-state index is -0.740. The molecule has 1 rings (SSSR count). The van der Waals surface area contributed by atoms with Crippen molar-refractivity contribution in [2.45, 2.75) is 19.8 Å². The van der Waals surface area contributed by atoms with Gasteiger partial charge in [0.2, 0.25) is 0 Å². The normalized spacial score (nSPS) is 9.76. The van der Waals surface area contributed by atoms with E-state index in [2.05, 4.69) is 15.6 Å². The van der Waals surface area contributed by atoms with E-state index in [4.69, 9.17) is 11.6 Å². The molecule has 0 atom stereocenters. The summed E-state index contributed by atoms with van der Waals surface area (Å²) in [5.41, 5.74) is 0.324. The van der Waals surface area contributed by atoms with E-state index in [1.54, 1.807) is 12.1 Å². The topological polar surface area (TPSA) is 71.1 Å². The highest BCUT2D eigenvalue weighted by Crippen LogP contribution is 2.16. The summed E-state index contributed by atoms with van der Waals surface area (Å²) >= 11 is 5.74. The highest BCUT2D eigenvalue weighted by Gasteiger charge is 2.14. The van der Waals surface area contributed by atoms with Gasteiger partial charge in [-0.3, -0.25) is 9.59 Å². The summed E-state index contributed by atoms with van der Waals surface area (Å²) in [5.74, 6) is -1.41. The first kappa shape index (κ1) is 13.4. The van der Waals surface area contributed by atoms with Gasteiger partial charge >= 0.3 is 11.8 Å². The van der Waals surface area contributed by atoms with Crippen LogP contribution in [0, 0.1) is 0 Å². The Balaban J connectivity index is 2.49. The molecule has 0 aliphatic rings. The van der Waals surface area contributed by atoms with Crippen LogP contribution in [0.15, 0.2) is 18.3 Å². The lowest BCUT2D eigenvalue weighted by Gasteiger charge is -2.06. The Morgan fingerprint density at radius 1 is 1.41 bits per heavy atom. The van der Waals surface area contributed by atoms with Gasteiger partial charge in [0.25, 0.3) is 0 Å². The number of nitrogens with one attached hydrogen (secondary N) is 2. The molecule has 0 spiro atoms. The lowest BCUT2D eigenvalue weighted by atomic mass is 10.3. The Bertz CT molecular complexity index is 409. The van der Waals surface area contributed by atoms with Gasteiger partial charge in [0.15, 0.2) is 5.15 Å². The molecular formula is C11H14ClN3O2. The average Bonchev–Trinajstić information content (AvgIpc) is 2.32. The number of nitrogens with zero attached hydrogens (tertiary/aromatic N) is 1. The molecule has 1 aromatic heterocycles. The fourth-order valence-electron chi connectivity index (χ4n) is 1.12. The minimum absolute atomic E-state index is 0.155. The molecule has 0 aromatic carbocycles. The second-order valence-electron chi connectivity index (χ2n) is 3.41. The van der Waals surface area contributed by atoms with Gasteiger partial charge < -0.3 is 10.6 Å². The molecule has 0 fully saturated rings. The number of unbranched alkanes of at least 4 members (excludes halogenated alkanes) is 1. The van der Waals surface area contributed by atoms with E-state index in [1.807, 2.05) is 6.92 Å². The molecule has 1 heterocycles. The molecule has 1 aromatic rings. The molecule has 0 aliphatic carbocycles. The Hall–Kier alpha value is -1.62. The maximum atomic E-state index is 11.4. The zero-order chi connectivity index (χ0) is 12.7. The summed E-state index contributed by atoms with van der Waals surface area (Å²) in [4.78, 5) is 26.6. The van der Waals surface area contributed by atoms with E-state index in [1.165, 1.54) is 6.20 Å². The first-order valence-electron chi connectivity index (χ1n) is 5.35. The molecule has 0 saturated heterocycles. The second-order valence-corrected chi connectivity index (χ2v) is 3.76. The van der Waals surface area contributed by atoms with Crippen LogP contribution in [0.5, 0.6) is 0 Å². The first-order chi connectivity index (χ1) is 8.15. The van der Waals surface area contributed by atoms with Crippen molar-refractivity contribution >= 4 is 29.1 Å². The van der Waals surface area contributed by atoms with Crippen LogP contribution >= 0.6 is 11.6 Å². The van der Waals surface area contributed by atoms with E-state index in [0.29, 0.717) is 12.2 Å². The number of rotatable bonds is 4.